The molecule has 3 N–H and O–H groups in total. The molecule has 1 aromatic carbocycles. The van der Waals surface area contributed by atoms with Gasteiger partial charge in [0.15, 0.2) is 0 Å². The summed E-state index contributed by atoms with van der Waals surface area (Å²) >= 11 is 0. The van der Waals surface area contributed by atoms with Gasteiger partial charge in [-0.2, -0.15) is 5.10 Å². The average Bonchev–Trinajstić information content (AvgIpc) is 3.17. The van der Waals surface area contributed by atoms with Gasteiger partial charge in [0.25, 0.3) is 5.56 Å². The number of aromatic amines is 1. The van der Waals surface area contributed by atoms with Crippen LogP contribution in [-0.4, -0.2) is 25.7 Å². The first-order valence-corrected chi connectivity index (χ1v) is 11.8. The van der Waals surface area contributed by atoms with E-state index in [1.165, 1.54) is 0 Å². The molecule has 4 rings (SSSR count). The largest absolute Gasteiger partial charge is 0.366 e. The summed E-state index contributed by atoms with van der Waals surface area (Å²) in [7, 11) is 0. The summed E-state index contributed by atoms with van der Waals surface area (Å²) in [6, 6.07) is 9.81. The van der Waals surface area contributed by atoms with Crippen molar-refractivity contribution in [1.29, 1.82) is 0 Å². The Balaban J connectivity index is 1.85. The molecule has 0 radical (unpaired) electrons. The summed E-state index contributed by atoms with van der Waals surface area (Å²) < 4.78 is 1.93. The Hall–Kier alpha value is -3.74. The molecule has 0 aliphatic rings. The van der Waals surface area contributed by atoms with Crippen molar-refractivity contribution in [1.82, 2.24) is 19.7 Å². The number of hydrogen-bond acceptors (Lipinski definition) is 4. The van der Waals surface area contributed by atoms with E-state index in [0.717, 1.165) is 57.4 Å². The number of benzene rings is 1. The summed E-state index contributed by atoms with van der Waals surface area (Å²) in [6.45, 7) is 8.13. The third-order valence-electron chi connectivity index (χ3n) is 6.13. The number of hydrogen-bond donors (Lipinski definition) is 2. The van der Waals surface area contributed by atoms with E-state index < -0.39 is 5.91 Å². The molecule has 1 amide bonds. The SMILES string of the molecule is CCCc1cc(C)[nH]c(=O)c1CCc1nn(C(C)C)c2cc(-c3cccnc3)cc(C(N)=O)c12. The van der Waals surface area contributed by atoms with Crippen LogP contribution in [0, 0.1) is 6.92 Å². The zero-order valence-electron chi connectivity index (χ0n) is 20.2. The molecule has 7 nitrogen and oxygen atoms in total. The number of pyridine rings is 2. The maximum absolute atomic E-state index is 12.7. The molecule has 0 unspecified atom stereocenters. The van der Waals surface area contributed by atoms with E-state index in [1.54, 1.807) is 12.4 Å². The Bertz CT molecular complexity index is 1400. The third-order valence-corrected chi connectivity index (χ3v) is 6.13. The van der Waals surface area contributed by atoms with Crippen molar-refractivity contribution < 1.29 is 4.79 Å². The highest BCUT2D eigenvalue weighted by atomic mass is 16.1. The lowest BCUT2D eigenvalue weighted by Gasteiger charge is -2.10. The molecule has 34 heavy (non-hydrogen) atoms. The van der Waals surface area contributed by atoms with E-state index in [4.69, 9.17) is 10.8 Å². The maximum Gasteiger partial charge on any atom is 0.251 e. The number of nitrogens with one attached hydrogen (secondary N) is 1. The second-order valence-corrected chi connectivity index (χ2v) is 9.04. The Labute approximate surface area is 199 Å². The zero-order valence-corrected chi connectivity index (χ0v) is 20.2. The Morgan fingerprint density at radius 3 is 2.59 bits per heavy atom. The molecule has 0 saturated carbocycles. The molecule has 0 saturated heterocycles. The lowest BCUT2D eigenvalue weighted by Crippen LogP contribution is -2.18. The number of fused-ring (bicyclic) bond motifs is 1. The fraction of sp³-hybridized carbons (Fsp3) is 0.333. The number of carbonyl (C=O) groups is 1. The summed E-state index contributed by atoms with van der Waals surface area (Å²) in [4.78, 5) is 32.4. The van der Waals surface area contributed by atoms with Gasteiger partial charge in [-0.3, -0.25) is 19.3 Å². The van der Waals surface area contributed by atoms with E-state index in [1.807, 2.05) is 35.9 Å². The minimum Gasteiger partial charge on any atom is -0.366 e. The van der Waals surface area contributed by atoms with Gasteiger partial charge in [-0.15, -0.1) is 0 Å². The van der Waals surface area contributed by atoms with Crippen molar-refractivity contribution in [2.45, 2.75) is 59.4 Å². The molecular weight excluding hydrogens is 426 g/mol. The van der Waals surface area contributed by atoms with Gasteiger partial charge >= 0.3 is 0 Å². The van der Waals surface area contributed by atoms with Crippen molar-refractivity contribution >= 4 is 16.8 Å². The summed E-state index contributed by atoms with van der Waals surface area (Å²) in [6.07, 6.45) is 6.37. The van der Waals surface area contributed by atoms with E-state index in [9.17, 15) is 9.59 Å². The Kier molecular flexibility index (Phi) is 6.63. The van der Waals surface area contributed by atoms with Crippen LogP contribution in [0.15, 0.2) is 47.5 Å². The van der Waals surface area contributed by atoms with E-state index >= 15 is 0 Å². The second kappa shape index (κ2) is 9.63. The molecular formula is C27H31N5O2. The van der Waals surface area contributed by atoms with Crippen molar-refractivity contribution in [2.24, 2.45) is 5.73 Å². The molecule has 4 aromatic rings. The number of primary amides is 1. The Morgan fingerprint density at radius 2 is 1.94 bits per heavy atom. The number of aromatic nitrogens is 4. The van der Waals surface area contributed by atoms with Crippen LogP contribution in [0.25, 0.3) is 22.0 Å². The fourth-order valence-electron chi connectivity index (χ4n) is 4.60. The van der Waals surface area contributed by atoms with Gasteiger partial charge < -0.3 is 10.7 Å². The highest BCUT2D eigenvalue weighted by Crippen LogP contribution is 2.32. The van der Waals surface area contributed by atoms with E-state index in [-0.39, 0.29) is 11.6 Å². The molecule has 3 heterocycles. The highest BCUT2D eigenvalue weighted by Gasteiger charge is 2.21. The summed E-state index contributed by atoms with van der Waals surface area (Å²) in [5.41, 5.74) is 12.4. The van der Waals surface area contributed by atoms with Crippen LogP contribution in [0.5, 0.6) is 0 Å². The molecule has 0 spiro atoms. The topological polar surface area (TPSA) is 107 Å². The molecule has 0 fully saturated rings. The number of amides is 1. The van der Waals surface area contributed by atoms with Gasteiger partial charge in [0, 0.05) is 40.6 Å². The molecule has 0 aliphatic heterocycles. The maximum atomic E-state index is 12.7. The van der Waals surface area contributed by atoms with Crippen molar-refractivity contribution in [2.75, 3.05) is 0 Å². The molecule has 7 heteroatoms. The van der Waals surface area contributed by atoms with Gasteiger partial charge in [-0.05, 0) is 75.4 Å². The number of nitrogens with zero attached hydrogens (tertiary/aromatic N) is 3. The minimum absolute atomic E-state index is 0.0509. The lowest BCUT2D eigenvalue weighted by molar-refractivity contribution is 0.100. The quantitative estimate of drug-likeness (QED) is 0.406. The van der Waals surface area contributed by atoms with Crippen LogP contribution in [0.4, 0.5) is 0 Å². The third kappa shape index (κ3) is 4.51. The molecule has 176 valence electrons. The summed E-state index contributed by atoms with van der Waals surface area (Å²) in [5.74, 6) is -0.500. The first kappa shape index (κ1) is 23.4. The highest BCUT2D eigenvalue weighted by molar-refractivity contribution is 6.08. The number of H-pyrrole nitrogens is 1. The zero-order chi connectivity index (χ0) is 24.4. The second-order valence-electron chi connectivity index (χ2n) is 9.04. The van der Waals surface area contributed by atoms with Gasteiger partial charge in [-0.25, -0.2) is 0 Å². The average molecular weight is 458 g/mol. The fourth-order valence-corrected chi connectivity index (χ4v) is 4.60. The van der Waals surface area contributed by atoms with Crippen molar-refractivity contribution in [3.63, 3.8) is 0 Å². The van der Waals surface area contributed by atoms with Crippen LogP contribution in [-0.2, 0) is 19.3 Å². The van der Waals surface area contributed by atoms with E-state index in [2.05, 4.69) is 36.8 Å². The van der Waals surface area contributed by atoms with Gasteiger partial charge in [0.05, 0.1) is 16.8 Å². The normalized spacial score (nSPS) is 11.4. The van der Waals surface area contributed by atoms with Crippen LogP contribution in [0.2, 0.25) is 0 Å². The molecule has 0 bridgehead atoms. The number of carbonyl (C=O) groups excluding carboxylic acids is 1. The predicted octanol–water partition coefficient (Wildman–Crippen LogP) is 4.51. The van der Waals surface area contributed by atoms with Crippen molar-refractivity contribution in [3.05, 3.63) is 81.2 Å². The number of rotatable bonds is 8. The number of nitrogens with two attached hydrogens (primary N) is 1. The Morgan fingerprint density at radius 1 is 1.15 bits per heavy atom. The first-order chi connectivity index (χ1) is 16.3. The molecule has 3 aromatic heterocycles. The first-order valence-electron chi connectivity index (χ1n) is 11.8. The van der Waals surface area contributed by atoms with Crippen molar-refractivity contribution in [3.8, 4) is 11.1 Å². The molecule has 0 aliphatic carbocycles. The van der Waals surface area contributed by atoms with Crippen LogP contribution in [0.1, 0.15) is 66.1 Å². The van der Waals surface area contributed by atoms with Crippen LogP contribution < -0.4 is 11.3 Å². The van der Waals surface area contributed by atoms with Crippen LogP contribution >= 0.6 is 0 Å². The van der Waals surface area contributed by atoms with E-state index in [0.29, 0.717) is 18.4 Å². The monoisotopic (exact) mass is 457 g/mol. The minimum atomic E-state index is -0.500. The van der Waals surface area contributed by atoms with Crippen LogP contribution in [0.3, 0.4) is 0 Å². The molecule has 0 atom stereocenters. The lowest BCUT2D eigenvalue weighted by atomic mass is 9.96. The predicted molar refractivity (Wildman–Crippen MR) is 135 cm³/mol. The smallest absolute Gasteiger partial charge is 0.251 e. The standard InChI is InChI=1S/C27H31N5O2/c1-5-7-18-12-17(4)30-27(34)21(18)9-10-23-25-22(26(28)33)13-20(19-8-6-11-29-15-19)14-24(25)32(31-23)16(2)3/h6,8,11-16H,5,7,9-10H2,1-4H3,(H2,28,33)(H,30,34). The number of aryl methyl sites for hydroxylation is 3. The van der Waals surface area contributed by atoms with Gasteiger partial charge in [0.2, 0.25) is 5.91 Å². The van der Waals surface area contributed by atoms with Gasteiger partial charge in [0.1, 0.15) is 0 Å². The summed E-state index contributed by atoms with van der Waals surface area (Å²) in [5, 5.41) is 5.64. The van der Waals surface area contributed by atoms with Gasteiger partial charge in [-0.1, -0.05) is 19.4 Å².